The van der Waals surface area contributed by atoms with E-state index in [-0.39, 0.29) is 37.2 Å². The number of rotatable bonds is 10. The molecule has 1 aliphatic rings. The van der Waals surface area contributed by atoms with Crippen LogP contribution in [0.2, 0.25) is 0 Å². The lowest BCUT2D eigenvalue weighted by atomic mass is 9.98. The van der Waals surface area contributed by atoms with E-state index in [2.05, 4.69) is 34.9 Å². The summed E-state index contributed by atoms with van der Waals surface area (Å²) in [5.74, 6) is -0.542. The first kappa shape index (κ1) is 27.9. The van der Waals surface area contributed by atoms with Crippen molar-refractivity contribution in [3.8, 4) is 11.1 Å². The molecule has 4 rings (SSSR count). The molecule has 3 aromatic rings. The molecule has 0 bridgehead atoms. The van der Waals surface area contributed by atoms with Crippen molar-refractivity contribution < 1.29 is 23.9 Å². The fourth-order valence-electron chi connectivity index (χ4n) is 4.68. The molecule has 204 valence electrons. The third-order valence-electron chi connectivity index (χ3n) is 6.52. The maximum atomic E-state index is 12.4. The molecule has 0 saturated carbocycles. The van der Waals surface area contributed by atoms with E-state index in [1.54, 1.807) is 20.8 Å². The quantitative estimate of drug-likeness (QED) is 0.339. The molecule has 0 aromatic heterocycles. The fourth-order valence-corrected chi connectivity index (χ4v) is 4.68. The maximum absolute atomic E-state index is 12.4. The molecule has 0 saturated heterocycles. The lowest BCUT2D eigenvalue weighted by Gasteiger charge is -2.19. The number of alkyl carbamates (subject to hydrolysis) is 1. The molecule has 0 radical (unpaired) electrons. The van der Waals surface area contributed by atoms with E-state index >= 15 is 0 Å². The van der Waals surface area contributed by atoms with Gasteiger partial charge in [0.2, 0.25) is 5.91 Å². The second kappa shape index (κ2) is 12.6. The smallest absolute Gasteiger partial charge is 0.407 e. The van der Waals surface area contributed by atoms with Crippen molar-refractivity contribution in [1.82, 2.24) is 10.6 Å². The lowest BCUT2D eigenvalue weighted by molar-refractivity contribution is -0.155. The topological polar surface area (TPSA) is 93.7 Å². The number of fused-ring (bicyclic) bond motifs is 3. The van der Waals surface area contributed by atoms with Crippen LogP contribution in [-0.4, -0.2) is 36.7 Å². The highest BCUT2D eigenvalue weighted by Crippen LogP contribution is 2.44. The Morgan fingerprint density at radius 2 is 1.36 bits per heavy atom. The summed E-state index contributed by atoms with van der Waals surface area (Å²) in [5, 5.41) is 5.66. The molecular weight excluding hydrogens is 492 g/mol. The van der Waals surface area contributed by atoms with E-state index in [0.717, 1.165) is 11.1 Å². The molecule has 0 fully saturated rings. The van der Waals surface area contributed by atoms with Crippen LogP contribution in [0.5, 0.6) is 0 Å². The number of amides is 2. The van der Waals surface area contributed by atoms with Crippen LogP contribution < -0.4 is 10.6 Å². The number of nitrogens with one attached hydrogen (secondary N) is 2. The lowest BCUT2D eigenvalue weighted by Crippen LogP contribution is -2.28. The van der Waals surface area contributed by atoms with Crippen LogP contribution in [0.25, 0.3) is 11.1 Å². The van der Waals surface area contributed by atoms with Crippen LogP contribution in [0.15, 0.2) is 72.8 Å². The van der Waals surface area contributed by atoms with Gasteiger partial charge in [0.25, 0.3) is 0 Å². The molecular formula is C32H36N2O5. The number of carbonyl (C=O) groups is 3. The zero-order chi connectivity index (χ0) is 27.8. The molecule has 0 unspecified atom stereocenters. The predicted octanol–water partition coefficient (Wildman–Crippen LogP) is 5.51. The average molecular weight is 529 g/mol. The van der Waals surface area contributed by atoms with Crippen LogP contribution in [-0.2, 0) is 32.0 Å². The predicted molar refractivity (Wildman–Crippen MR) is 150 cm³/mol. The Balaban J connectivity index is 1.15. The highest BCUT2D eigenvalue weighted by molar-refractivity contribution is 5.81. The Hall–Kier alpha value is -4.13. The van der Waals surface area contributed by atoms with Gasteiger partial charge in [-0.05, 0) is 60.6 Å². The number of hydrogen-bond acceptors (Lipinski definition) is 5. The molecule has 7 nitrogen and oxygen atoms in total. The molecule has 3 aromatic carbocycles. The minimum Gasteiger partial charge on any atom is -0.460 e. The van der Waals surface area contributed by atoms with Gasteiger partial charge >= 0.3 is 12.1 Å². The van der Waals surface area contributed by atoms with Gasteiger partial charge < -0.3 is 20.1 Å². The molecule has 0 spiro atoms. The number of benzene rings is 3. The highest BCUT2D eigenvalue weighted by Gasteiger charge is 2.29. The van der Waals surface area contributed by atoms with Crippen molar-refractivity contribution in [2.24, 2.45) is 0 Å². The van der Waals surface area contributed by atoms with Crippen LogP contribution in [0, 0.1) is 0 Å². The Bertz CT molecular complexity index is 1270. The summed E-state index contributed by atoms with van der Waals surface area (Å²) in [4.78, 5) is 36.2. The van der Waals surface area contributed by atoms with Crippen LogP contribution in [0.1, 0.15) is 61.8 Å². The Kier molecular flexibility index (Phi) is 9.02. The van der Waals surface area contributed by atoms with E-state index in [1.807, 2.05) is 48.5 Å². The second-order valence-electron chi connectivity index (χ2n) is 10.7. The van der Waals surface area contributed by atoms with Crippen molar-refractivity contribution in [3.63, 3.8) is 0 Å². The third-order valence-corrected chi connectivity index (χ3v) is 6.52. The number of esters is 1. The Morgan fingerprint density at radius 3 is 1.97 bits per heavy atom. The standard InChI is InChI=1S/C32H36N2O5/c1-32(2,3)39-30(36)17-16-29(35)34-20-23-14-12-22(13-15-23)18-19-33-31(37)38-21-28-26-10-6-4-8-24(26)25-9-5-7-11-27(25)28/h4-15,28H,16-21H2,1-3H3,(H,33,37)(H,34,35). The monoisotopic (exact) mass is 528 g/mol. The summed E-state index contributed by atoms with van der Waals surface area (Å²) >= 11 is 0. The summed E-state index contributed by atoms with van der Waals surface area (Å²) in [6.45, 7) is 6.52. The number of carbonyl (C=O) groups excluding carboxylic acids is 3. The van der Waals surface area contributed by atoms with Crippen molar-refractivity contribution in [1.29, 1.82) is 0 Å². The molecule has 1 aliphatic carbocycles. The summed E-state index contributed by atoms with van der Waals surface area (Å²) in [7, 11) is 0. The van der Waals surface area contributed by atoms with Gasteiger partial charge in [-0.1, -0.05) is 72.8 Å². The van der Waals surface area contributed by atoms with Gasteiger partial charge in [0.15, 0.2) is 0 Å². The van der Waals surface area contributed by atoms with Crippen molar-refractivity contribution >= 4 is 18.0 Å². The molecule has 7 heteroatoms. The first-order chi connectivity index (χ1) is 18.7. The summed E-state index contributed by atoms with van der Waals surface area (Å²) < 4.78 is 10.8. The van der Waals surface area contributed by atoms with Crippen LogP contribution in [0.3, 0.4) is 0 Å². The minimum atomic E-state index is -0.555. The van der Waals surface area contributed by atoms with E-state index in [4.69, 9.17) is 9.47 Å². The van der Waals surface area contributed by atoms with Gasteiger partial charge in [0.1, 0.15) is 12.2 Å². The van der Waals surface area contributed by atoms with E-state index in [1.165, 1.54) is 22.3 Å². The molecule has 2 amide bonds. The van der Waals surface area contributed by atoms with Crippen molar-refractivity contribution in [3.05, 3.63) is 95.1 Å². The van der Waals surface area contributed by atoms with E-state index < -0.39 is 11.7 Å². The molecule has 0 atom stereocenters. The van der Waals surface area contributed by atoms with Crippen molar-refractivity contribution in [2.75, 3.05) is 13.2 Å². The zero-order valence-electron chi connectivity index (χ0n) is 22.8. The van der Waals surface area contributed by atoms with Crippen molar-refractivity contribution in [2.45, 2.75) is 58.1 Å². The average Bonchev–Trinajstić information content (AvgIpc) is 3.23. The van der Waals surface area contributed by atoms with Gasteiger partial charge in [-0.3, -0.25) is 9.59 Å². The van der Waals surface area contributed by atoms with Gasteiger partial charge in [0.05, 0.1) is 6.42 Å². The normalized spacial score (nSPS) is 12.3. The minimum absolute atomic E-state index is 0.0356. The second-order valence-corrected chi connectivity index (χ2v) is 10.7. The maximum Gasteiger partial charge on any atom is 0.407 e. The first-order valence-corrected chi connectivity index (χ1v) is 13.3. The summed E-state index contributed by atoms with van der Waals surface area (Å²) in [6.07, 6.45) is 0.377. The zero-order valence-corrected chi connectivity index (χ0v) is 22.8. The molecule has 0 aliphatic heterocycles. The van der Waals surface area contributed by atoms with E-state index in [0.29, 0.717) is 19.5 Å². The SMILES string of the molecule is CC(C)(C)OC(=O)CCC(=O)NCc1ccc(CCNC(=O)OCC2c3ccccc3-c3ccccc32)cc1. The molecule has 39 heavy (non-hydrogen) atoms. The summed E-state index contributed by atoms with van der Waals surface area (Å²) in [6, 6.07) is 24.3. The summed E-state index contributed by atoms with van der Waals surface area (Å²) in [5.41, 5.74) is 6.23. The van der Waals surface area contributed by atoms with Crippen LogP contribution >= 0.6 is 0 Å². The Morgan fingerprint density at radius 1 is 0.769 bits per heavy atom. The van der Waals surface area contributed by atoms with Gasteiger partial charge in [-0.2, -0.15) is 0 Å². The van der Waals surface area contributed by atoms with Gasteiger partial charge in [-0.15, -0.1) is 0 Å². The number of ether oxygens (including phenoxy) is 2. The van der Waals surface area contributed by atoms with Gasteiger partial charge in [-0.25, -0.2) is 4.79 Å². The highest BCUT2D eigenvalue weighted by atomic mass is 16.6. The third kappa shape index (κ3) is 7.93. The largest absolute Gasteiger partial charge is 0.460 e. The first-order valence-electron chi connectivity index (χ1n) is 13.3. The molecule has 0 heterocycles. The van der Waals surface area contributed by atoms with E-state index in [9.17, 15) is 14.4 Å². The van der Waals surface area contributed by atoms with Gasteiger partial charge in [0, 0.05) is 25.4 Å². The fraction of sp³-hybridized carbons (Fsp3) is 0.344. The Labute approximate surface area is 229 Å². The van der Waals surface area contributed by atoms with Crippen LogP contribution in [0.4, 0.5) is 4.79 Å². The molecule has 2 N–H and O–H groups in total. The number of hydrogen-bond donors (Lipinski definition) is 2.